The summed E-state index contributed by atoms with van der Waals surface area (Å²) in [6.45, 7) is -4.10. The SMILES string of the molecule is CCCCC[C@H](NCC(=O)CN(C[C@H](CCCCNC(=N)N)NC(=O)CN(CCNC(=O)CN(C[C@H](CCCCNC(=N)N)NCC(=O)CN(C[C@H](CCCCNC(=N)N)NC(=O)[C@@H](N)CCCCN)C(=O)Cn1cnc2c(=O)[nH]c(N)nc21)C(=O)Cn1ccc(N)nc1=O)C(=O)Cn1cc(C)c(=O)[nH]c1=O)C(=O)Cn1cnc2c(=O)[nH]c(N)nc21)C(N)=O. The van der Waals surface area contributed by atoms with E-state index in [0.717, 1.165) is 49.2 Å². The summed E-state index contributed by atoms with van der Waals surface area (Å²) in [6.07, 6.45) is 11.2. The number of nitrogens with two attached hydrogens (primary N) is 9. The Morgan fingerprint density at radius 2 is 0.960 bits per heavy atom. The summed E-state index contributed by atoms with van der Waals surface area (Å²) in [5.74, 6) is -9.15. The third-order valence-corrected chi connectivity index (χ3v) is 19.6. The van der Waals surface area contributed by atoms with E-state index in [1.165, 1.54) is 39.5 Å². The van der Waals surface area contributed by atoms with E-state index in [-0.39, 0.29) is 128 Å². The number of nitrogens with one attached hydrogen (secondary N) is 14. The summed E-state index contributed by atoms with van der Waals surface area (Å²) in [5.41, 5.74) is 47.5. The molecule has 680 valence electrons. The number of anilines is 3. The molecule has 124 heavy (non-hydrogen) atoms. The third-order valence-electron chi connectivity index (χ3n) is 19.6. The van der Waals surface area contributed by atoms with Crippen LogP contribution in [0.1, 0.15) is 115 Å². The molecule has 0 aliphatic carbocycles. The van der Waals surface area contributed by atoms with E-state index >= 15 is 0 Å². The molecular formula is C73H118N36O15. The maximum absolute atomic E-state index is 14.8. The van der Waals surface area contributed by atoms with E-state index in [1.54, 1.807) is 0 Å². The fourth-order valence-electron chi connectivity index (χ4n) is 13.1. The summed E-state index contributed by atoms with van der Waals surface area (Å²) in [5, 5.41) is 45.6. The molecule has 0 bridgehead atoms. The number of imidazole rings is 2. The Morgan fingerprint density at radius 1 is 0.500 bits per heavy atom. The van der Waals surface area contributed by atoms with Gasteiger partial charge in [-0.2, -0.15) is 15.0 Å². The zero-order valence-electron chi connectivity index (χ0n) is 69.7. The van der Waals surface area contributed by atoms with Crippen LogP contribution >= 0.6 is 0 Å². The maximum atomic E-state index is 14.8. The van der Waals surface area contributed by atoms with Crippen molar-refractivity contribution in [2.75, 3.05) is 115 Å². The molecule has 6 aromatic heterocycles. The smallest absolute Gasteiger partial charge is 0.349 e. The minimum atomic E-state index is -1.06. The Morgan fingerprint density at radius 3 is 1.47 bits per heavy atom. The van der Waals surface area contributed by atoms with Crippen LogP contribution in [-0.4, -0.2) is 283 Å². The van der Waals surface area contributed by atoms with Crippen molar-refractivity contribution < 1.29 is 47.9 Å². The zero-order chi connectivity index (χ0) is 91.1. The molecule has 0 aliphatic heterocycles. The number of primary amides is 1. The second kappa shape index (κ2) is 50.6. The number of carbonyl (C=O) groups excluding carboxylic acids is 10. The number of rotatable bonds is 58. The van der Waals surface area contributed by atoms with Crippen molar-refractivity contribution in [3.8, 4) is 0 Å². The van der Waals surface area contributed by atoms with Crippen LogP contribution < -0.4 is 122 Å². The number of Topliss-reactive ketones (excluding diaryl/α,β-unsaturated/α-hetero) is 2. The molecule has 6 rings (SSSR count). The molecule has 0 aliphatic rings. The number of aryl methyl sites for hydroxylation is 1. The van der Waals surface area contributed by atoms with Gasteiger partial charge in [0.05, 0.1) is 64.0 Å². The number of fused-ring (bicyclic) bond motifs is 2. The average molecular weight is 1740 g/mol. The quantitative estimate of drug-likeness (QED) is 0.00958. The lowest BCUT2D eigenvalue weighted by atomic mass is 10.1. The monoisotopic (exact) mass is 1740 g/mol. The first-order chi connectivity index (χ1) is 59.0. The van der Waals surface area contributed by atoms with Gasteiger partial charge in [0.15, 0.2) is 51.8 Å². The molecule has 0 spiro atoms. The second-order valence-electron chi connectivity index (χ2n) is 29.8. The molecule has 6 heterocycles. The molecule has 0 fully saturated rings. The summed E-state index contributed by atoms with van der Waals surface area (Å²) in [4.78, 5) is 239. The van der Waals surface area contributed by atoms with Crippen LogP contribution in [0, 0.1) is 23.2 Å². The summed E-state index contributed by atoms with van der Waals surface area (Å²) in [6, 6.07) is -3.45. The number of amides is 8. The van der Waals surface area contributed by atoms with Crippen molar-refractivity contribution in [1.82, 2.24) is 120 Å². The highest BCUT2D eigenvalue weighted by Gasteiger charge is 2.31. The van der Waals surface area contributed by atoms with Crippen molar-refractivity contribution in [3.05, 3.63) is 88.7 Å². The lowest BCUT2D eigenvalue weighted by molar-refractivity contribution is -0.138. The molecule has 32 N–H and O–H groups in total. The molecule has 0 saturated carbocycles. The topological polar surface area (TPSA) is 803 Å². The van der Waals surface area contributed by atoms with Crippen LogP contribution in [0.15, 0.2) is 55.1 Å². The lowest BCUT2D eigenvalue weighted by Gasteiger charge is -2.30. The molecule has 8 amide bonds. The van der Waals surface area contributed by atoms with Gasteiger partial charge in [0.1, 0.15) is 32.0 Å². The number of aromatic nitrogens is 12. The first kappa shape index (κ1) is 99.2. The van der Waals surface area contributed by atoms with Gasteiger partial charge in [-0.15, -0.1) is 0 Å². The molecule has 51 nitrogen and oxygen atoms in total. The predicted molar refractivity (Wildman–Crippen MR) is 456 cm³/mol. The number of nitrogens with zero attached hydrogens (tertiary/aromatic N) is 13. The van der Waals surface area contributed by atoms with E-state index in [0.29, 0.717) is 64.3 Å². The average Bonchev–Trinajstić information content (AvgIpc) is 1.68. The molecule has 0 aromatic carbocycles. The highest BCUT2D eigenvalue weighted by atomic mass is 16.2. The number of carbonyl (C=O) groups is 10. The Hall–Kier alpha value is -13.6. The molecule has 0 radical (unpaired) electrons. The highest BCUT2D eigenvalue weighted by molar-refractivity contribution is 5.91. The third kappa shape index (κ3) is 34.1. The minimum absolute atomic E-state index is 0.0307. The number of H-pyrrole nitrogens is 3. The van der Waals surface area contributed by atoms with Crippen molar-refractivity contribution in [3.63, 3.8) is 0 Å². The second-order valence-corrected chi connectivity index (χ2v) is 29.8. The van der Waals surface area contributed by atoms with Gasteiger partial charge in [-0.1, -0.05) is 39.0 Å². The highest BCUT2D eigenvalue weighted by Crippen LogP contribution is 2.15. The summed E-state index contributed by atoms with van der Waals surface area (Å²) >= 11 is 0. The van der Waals surface area contributed by atoms with Crippen LogP contribution in [0.2, 0.25) is 0 Å². The number of hydrogen-bond acceptors (Lipinski definition) is 30. The molecular weight excluding hydrogens is 1620 g/mol. The molecule has 0 unspecified atom stereocenters. The molecule has 5 atom stereocenters. The zero-order valence-corrected chi connectivity index (χ0v) is 69.7. The number of hydrogen-bond donors (Lipinski definition) is 23. The van der Waals surface area contributed by atoms with Gasteiger partial charge in [0.2, 0.25) is 59.2 Å². The van der Waals surface area contributed by atoms with Crippen LogP contribution in [0.25, 0.3) is 22.3 Å². The van der Waals surface area contributed by atoms with Gasteiger partial charge in [-0.05, 0) is 90.2 Å². The Labute approximate surface area is 709 Å². The Kier molecular flexibility index (Phi) is 40.5. The van der Waals surface area contributed by atoms with Crippen molar-refractivity contribution in [2.45, 2.75) is 173 Å². The Balaban J connectivity index is 1.31. The summed E-state index contributed by atoms with van der Waals surface area (Å²) < 4.78 is 4.28. The minimum Gasteiger partial charge on any atom is -0.383 e. The summed E-state index contributed by atoms with van der Waals surface area (Å²) in [7, 11) is 0. The molecule has 6 aromatic rings. The lowest BCUT2D eigenvalue weighted by Crippen LogP contribution is -2.53. The fraction of sp³-hybridized carbons (Fsp3) is 0.575. The van der Waals surface area contributed by atoms with E-state index in [2.05, 4.69) is 82.4 Å². The van der Waals surface area contributed by atoms with E-state index in [9.17, 15) is 71.9 Å². The van der Waals surface area contributed by atoms with Gasteiger partial charge in [0, 0.05) is 88.4 Å². The van der Waals surface area contributed by atoms with Crippen LogP contribution in [-0.2, 0) is 74.1 Å². The van der Waals surface area contributed by atoms with Crippen molar-refractivity contribution >= 4 is 117 Å². The number of ketones is 2. The first-order valence-corrected chi connectivity index (χ1v) is 40.5. The van der Waals surface area contributed by atoms with Crippen LogP contribution in [0.5, 0.6) is 0 Å². The molecule has 0 saturated heterocycles. The van der Waals surface area contributed by atoms with Gasteiger partial charge in [0.25, 0.3) is 16.7 Å². The van der Waals surface area contributed by atoms with Gasteiger partial charge >= 0.3 is 11.4 Å². The first-order valence-electron chi connectivity index (χ1n) is 40.5. The fourth-order valence-corrected chi connectivity index (χ4v) is 13.1. The van der Waals surface area contributed by atoms with Crippen molar-refractivity contribution in [1.29, 1.82) is 16.2 Å². The molecule has 51 heteroatoms. The number of aromatic amines is 3. The van der Waals surface area contributed by atoms with Crippen LogP contribution in [0.3, 0.4) is 0 Å². The van der Waals surface area contributed by atoms with Gasteiger partial charge in [-0.25, -0.2) is 19.6 Å². The number of guanidine groups is 3. The normalized spacial score (nSPS) is 12.4. The van der Waals surface area contributed by atoms with Gasteiger partial charge < -0.3 is 118 Å². The Bertz CT molecular complexity index is 4990. The largest absolute Gasteiger partial charge is 0.383 e. The predicted octanol–water partition coefficient (Wildman–Crippen LogP) is -8.95. The number of nitrogen functional groups attached to an aromatic ring is 3. The van der Waals surface area contributed by atoms with E-state index < -0.39 is 202 Å². The van der Waals surface area contributed by atoms with E-state index in [1.807, 2.05) is 6.92 Å². The van der Waals surface area contributed by atoms with Crippen LogP contribution in [0.4, 0.5) is 17.7 Å². The number of unbranched alkanes of at least 4 members (excludes halogenated alkanes) is 6. The van der Waals surface area contributed by atoms with E-state index in [4.69, 9.17) is 67.8 Å². The standard InChI is InChI=1S/C73H118N36O15/c1-3-4-5-18-50(60(77)118)91-28-48(111)34-104(56(116)39-108-41-92-58-61(108)97-70(84)99-65(58)121)31-45(15-8-12-22-88-68(80)81)94-53(113)36-102(54(114)38-107-29-43(2)63(119)101-73(107)124)26-24-86-52(112)35-106(55(115)37-103-25-19-51(76)96-72(103)123)30-44(14-7-11-21-87-67(78)79)90-27-47(110)33-105(57(117)40-109-42-93-59-62(109)98-71(85)100-66(59)122)32-46(16-9-13-23-89-69(82)83)95-64(120)49(75)17-6-10-20-74/h19,25,29,41-42,44-46,49-50,90-91H,3-18,20-24,26-28,30-40,74-75H2,1-2H3,(H2,77,118)(H,86,112)(H,94,113)(H,95,120)(H2,76,96,123)(H4,78,79,87)(H4,80,81,88)(H4,82,83,89)(H,101,119,124)(H3,84,97,99,121)(H3,85,98,100,122)/t44-,45-,46-,49-,50-/m0/s1. The van der Waals surface area contributed by atoms with Gasteiger partial charge in [-0.3, -0.25) is 108 Å². The van der Waals surface area contributed by atoms with Crippen molar-refractivity contribution in [2.24, 2.45) is 34.4 Å². The maximum Gasteiger partial charge on any atom is 0.349 e.